The number of carbonyl (C=O) groups is 1. The fraction of sp³-hybridized carbons (Fsp3) is 0.125. The summed E-state index contributed by atoms with van der Waals surface area (Å²) in [7, 11) is 1.56. The van der Waals surface area contributed by atoms with Gasteiger partial charge in [0.05, 0.1) is 13.3 Å². The van der Waals surface area contributed by atoms with Gasteiger partial charge in [-0.15, -0.1) is 0 Å². The maximum Gasteiger partial charge on any atom is 0.277 e. The maximum absolute atomic E-state index is 11.6. The topological polar surface area (TPSA) is 80.2 Å². The standard InChI is InChI=1S/C16H16N2O4/c1-21-14-3-2-4-15(9-14)22-11-16(20)18-17-10-12-5-7-13(19)8-6-12/h2-10,19H,11H2,1H3,(H,18,20)/b17-10+. The van der Waals surface area contributed by atoms with E-state index in [1.165, 1.54) is 18.3 Å². The van der Waals surface area contributed by atoms with E-state index < -0.39 is 0 Å². The molecule has 0 saturated carbocycles. The second-order valence-corrected chi connectivity index (χ2v) is 4.35. The van der Waals surface area contributed by atoms with Crippen molar-refractivity contribution in [1.82, 2.24) is 5.43 Å². The molecule has 0 fully saturated rings. The normalized spacial score (nSPS) is 10.4. The van der Waals surface area contributed by atoms with Gasteiger partial charge in [0.2, 0.25) is 0 Å². The van der Waals surface area contributed by atoms with Crippen molar-refractivity contribution in [2.45, 2.75) is 0 Å². The number of hydrogen-bond donors (Lipinski definition) is 2. The molecule has 0 aliphatic carbocycles. The first kappa shape index (κ1) is 15.4. The van der Waals surface area contributed by atoms with Gasteiger partial charge in [0.15, 0.2) is 6.61 Å². The van der Waals surface area contributed by atoms with E-state index >= 15 is 0 Å². The van der Waals surface area contributed by atoms with Crippen LogP contribution in [0.1, 0.15) is 5.56 Å². The molecule has 0 aliphatic rings. The highest BCUT2D eigenvalue weighted by molar-refractivity contribution is 5.83. The second kappa shape index (κ2) is 7.68. The zero-order valence-electron chi connectivity index (χ0n) is 12.0. The van der Waals surface area contributed by atoms with E-state index in [9.17, 15) is 4.79 Å². The van der Waals surface area contributed by atoms with Gasteiger partial charge in [-0.05, 0) is 42.0 Å². The summed E-state index contributed by atoms with van der Waals surface area (Å²) in [6, 6.07) is 13.4. The molecule has 2 aromatic rings. The summed E-state index contributed by atoms with van der Waals surface area (Å²) in [6.07, 6.45) is 1.48. The average molecular weight is 300 g/mol. The van der Waals surface area contributed by atoms with Crippen molar-refractivity contribution in [1.29, 1.82) is 0 Å². The Labute approximate surface area is 128 Å². The van der Waals surface area contributed by atoms with Gasteiger partial charge in [0.1, 0.15) is 17.2 Å². The molecular weight excluding hydrogens is 284 g/mol. The molecule has 1 amide bonds. The minimum atomic E-state index is -0.377. The molecular formula is C16H16N2O4. The van der Waals surface area contributed by atoms with Crippen molar-refractivity contribution in [2.24, 2.45) is 5.10 Å². The predicted molar refractivity (Wildman–Crippen MR) is 82.3 cm³/mol. The number of hydrogen-bond acceptors (Lipinski definition) is 5. The second-order valence-electron chi connectivity index (χ2n) is 4.35. The van der Waals surface area contributed by atoms with Crippen molar-refractivity contribution >= 4 is 12.1 Å². The van der Waals surface area contributed by atoms with Crippen LogP contribution in [0.5, 0.6) is 17.2 Å². The third-order valence-corrected chi connectivity index (χ3v) is 2.71. The van der Waals surface area contributed by atoms with E-state index in [0.29, 0.717) is 11.5 Å². The molecule has 0 aromatic heterocycles. The smallest absolute Gasteiger partial charge is 0.277 e. The van der Waals surface area contributed by atoms with Gasteiger partial charge >= 0.3 is 0 Å². The van der Waals surface area contributed by atoms with Crippen molar-refractivity contribution < 1.29 is 19.4 Å². The number of hydrazone groups is 1. The number of phenols is 1. The lowest BCUT2D eigenvalue weighted by atomic mass is 10.2. The number of rotatable bonds is 6. The van der Waals surface area contributed by atoms with E-state index in [4.69, 9.17) is 14.6 Å². The Balaban J connectivity index is 1.79. The van der Waals surface area contributed by atoms with Gasteiger partial charge in [-0.1, -0.05) is 6.07 Å². The Bertz CT molecular complexity index is 653. The van der Waals surface area contributed by atoms with Crippen molar-refractivity contribution in [3.63, 3.8) is 0 Å². The highest BCUT2D eigenvalue weighted by atomic mass is 16.5. The van der Waals surface area contributed by atoms with Crippen molar-refractivity contribution in [3.05, 3.63) is 54.1 Å². The van der Waals surface area contributed by atoms with Crippen LogP contribution in [0.4, 0.5) is 0 Å². The highest BCUT2D eigenvalue weighted by Gasteiger charge is 2.02. The Hall–Kier alpha value is -3.02. The largest absolute Gasteiger partial charge is 0.508 e. The van der Waals surface area contributed by atoms with Gasteiger partial charge < -0.3 is 14.6 Å². The number of nitrogens with one attached hydrogen (secondary N) is 1. The minimum absolute atomic E-state index is 0.153. The number of nitrogens with zero attached hydrogens (tertiary/aromatic N) is 1. The average Bonchev–Trinajstić information content (AvgIpc) is 2.55. The zero-order valence-corrected chi connectivity index (χ0v) is 12.0. The quantitative estimate of drug-likeness (QED) is 0.631. The number of aromatic hydroxyl groups is 1. The van der Waals surface area contributed by atoms with Crippen LogP contribution in [0, 0.1) is 0 Å². The fourth-order valence-corrected chi connectivity index (χ4v) is 1.61. The first-order valence-corrected chi connectivity index (χ1v) is 6.55. The first-order valence-electron chi connectivity index (χ1n) is 6.55. The third-order valence-electron chi connectivity index (χ3n) is 2.71. The van der Waals surface area contributed by atoms with Crippen LogP contribution in [-0.4, -0.2) is 30.9 Å². The molecule has 2 N–H and O–H groups in total. The number of methoxy groups -OCH3 is 1. The summed E-state index contributed by atoms with van der Waals surface area (Å²) in [5.41, 5.74) is 3.11. The third kappa shape index (κ3) is 4.82. The number of benzene rings is 2. The summed E-state index contributed by atoms with van der Waals surface area (Å²) >= 11 is 0. The van der Waals surface area contributed by atoms with E-state index in [0.717, 1.165) is 5.56 Å². The molecule has 22 heavy (non-hydrogen) atoms. The van der Waals surface area contributed by atoms with Crippen LogP contribution in [0.3, 0.4) is 0 Å². The summed E-state index contributed by atoms with van der Waals surface area (Å²) in [4.78, 5) is 11.6. The Morgan fingerprint density at radius 2 is 1.95 bits per heavy atom. The Kier molecular flexibility index (Phi) is 5.37. The Morgan fingerprint density at radius 1 is 1.23 bits per heavy atom. The van der Waals surface area contributed by atoms with Gasteiger partial charge in [-0.3, -0.25) is 4.79 Å². The molecule has 0 spiro atoms. The van der Waals surface area contributed by atoms with Crippen LogP contribution >= 0.6 is 0 Å². The van der Waals surface area contributed by atoms with E-state index in [1.807, 2.05) is 0 Å². The molecule has 0 atom stereocenters. The molecule has 0 bridgehead atoms. The predicted octanol–water partition coefficient (Wildman–Crippen LogP) is 1.93. The molecule has 0 radical (unpaired) electrons. The molecule has 2 rings (SSSR count). The summed E-state index contributed by atoms with van der Waals surface area (Å²) in [6.45, 7) is -0.153. The van der Waals surface area contributed by atoms with Gasteiger partial charge in [0, 0.05) is 6.07 Å². The molecule has 2 aromatic carbocycles. The van der Waals surface area contributed by atoms with Crippen LogP contribution in [0.15, 0.2) is 53.6 Å². The summed E-state index contributed by atoms with van der Waals surface area (Å²) in [5, 5.41) is 13.0. The van der Waals surface area contributed by atoms with E-state index in [-0.39, 0.29) is 18.3 Å². The van der Waals surface area contributed by atoms with Crippen LogP contribution in [-0.2, 0) is 4.79 Å². The number of amides is 1. The molecule has 0 heterocycles. The van der Waals surface area contributed by atoms with E-state index in [2.05, 4.69) is 10.5 Å². The lowest BCUT2D eigenvalue weighted by Crippen LogP contribution is -2.24. The van der Waals surface area contributed by atoms with Crippen LogP contribution < -0.4 is 14.9 Å². The van der Waals surface area contributed by atoms with Gasteiger partial charge in [0.25, 0.3) is 5.91 Å². The summed E-state index contributed by atoms with van der Waals surface area (Å²) < 4.78 is 10.4. The number of carbonyl (C=O) groups excluding carboxylic acids is 1. The number of ether oxygens (including phenoxy) is 2. The SMILES string of the molecule is COc1cccc(OCC(=O)N/N=C/c2ccc(O)cc2)c1. The first-order chi connectivity index (χ1) is 10.7. The molecule has 0 saturated heterocycles. The highest BCUT2D eigenvalue weighted by Crippen LogP contribution is 2.18. The van der Waals surface area contributed by atoms with Crippen LogP contribution in [0.25, 0.3) is 0 Å². The molecule has 0 aliphatic heterocycles. The maximum atomic E-state index is 11.6. The monoisotopic (exact) mass is 300 g/mol. The van der Waals surface area contributed by atoms with Gasteiger partial charge in [-0.2, -0.15) is 5.10 Å². The molecule has 0 unspecified atom stereocenters. The minimum Gasteiger partial charge on any atom is -0.508 e. The fourth-order valence-electron chi connectivity index (χ4n) is 1.61. The lowest BCUT2D eigenvalue weighted by molar-refractivity contribution is -0.123. The summed E-state index contributed by atoms with van der Waals surface area (Å²) in [5.74, 6) is 0.992. The van der Waals surface area contributed by atoms with Crippen LogP contribution in [0.2, 0.25) is 0 Å². The van der Waals surface area contributed by atoms with Crippen molar-refractivity contribution in [3.8, 4) is 17.2 Å². The zero-order chi connectivity index (χ0) is 15.8. The van der Waals surface area contributed by atoms with Gasteiger partial charge in [-0.25, -0.2) is 5.43 Å². The lowest BCUT2D eigenvalue weighted by Gasteiger charge is -2.06. The molecule has 6 heteroatoms. The Morgan fingerprint density at radius 3 is 2.68 bits per heavy atom. The molecule has 114 valence electrons. The van der Waals surface area contributed by atoms with E-state index in [1.54, 1.807) is 43.5 Å². The number of phenolic OH excluding ortho intramolecular Hbond substituents is 1. The van der Waals surface area contributed by atoms with Crippen molar-refractivity contribution in [2.75, 3.05) is 13.7 Å². The molecule has 6 nitrogen and oxygen atoms in total.